The zero-order chi connectivity index (χ0) is 13.1. The molecule has 1 aliphatic rings. The fourth-order valence-electron chi connectivity index (χ4n) is 2.59. The summed E-state index contributed by atoms with van der Waals surface area (Å²) in [6, 6.07) is 8.98. The summed E-state index contributed by atoms with van der Waals surface area (Å²) in [6.45, 7) is 6.05. The van der Waals surface area contributed by atoms with Gasteiger partial charge in [0, 0.05) is 6.04 Å². The summed E-state index contributed by atoms with van der Waals surface area (Å²) in [4.78, 5) is 13.3. The number of carboxylic acids is 1. The van der Waals surface area contributed by atoms with Crippen LogP contribution in [0.15, 0.2) is 24.3 Å². The van der Waals surface area contributed by atoms with Crippen molar-refractivity contribution in [2.45, 2.75) is 32.7 Å². The van der Waals surface area contributed by atoms with Gasteiger partial charge in [0.15, 0.2) is 0 Å². The number of hydrogen-bond donors (Lipinski definition) is 1. The minimum Gasteiger partial charge on any atom is -0.481 e. The Morgan fingerprint density at radius 3 is 2.33 bits per heavy atom. The van der Waals surface area contributed by atoms with Gasteiger partial charge in [-0.25, -0.2) is 0 Å². The fourth-order valence-corrected chi connectivity index (χ4v) is 2.59. The van der Waals surface area contributed by atoms with Gasteiger partial charge in [-0.3, -0.25) is 9.69 Å². The average Bonchev–Trinajstić information content (AvgIpc) is 2.39. The van der Waals surface area contributed by atoms with Crippen molar-refractivity contribution in [3.63, 3.8) is 0 Å². The lowest BCUT2D eigenvalue weighted by atomic mass is 9.94. The number of likely N-dealkylation sites (tertiary alicyclic amines) is 1. The van der Waals surface area contributed by atoms with Crippen molar-refractivity contribution in [3.05, 3.63) is 35.4 Å². The number of carboxylic acid groups (broad SMARTS) is 1. The zero-order valence-electron chi connectivity index (χ0n) is 11.1. The van der Waals surface area contributed by atoms with Gasteiger partial charge < -0.3 is 5.11 Å². The molecule has 0 saturated carbocycles. The second-order valence-electron chi connectivity index (χ2n) is 5.24. The van der Waals surface area contributed by atoms with Crippen molar-refractivity contribution in [3.8, 4) is 0 Å². The van der Waals surface area contributed by atoms with Crippen molar-refractivity contribution in [1.82, 2.24) is 4.90 Å². The highest BCUT2D eigenvalue weighted by Gasteiger charge is 2.27. The van der Waals surface area contributed by atoms with E-state index in [1.807, 2.05) is 0 Å². The van der Waals surface area contributed by atoms with Gasteiger partial charge in [-0.1, -0.05) is 29.8 Å². The van der Waals surface area contributed by atoms with Crippen LogP contribution in [0.5, 0.6) is 0 Å². The third-order valence-electron chi connectivity index (χ3n) is 3.99. The number of benzene rings is 1. The lowest BCUT2D eigenvalue weighted by Crippen LogP contribution is -2.37. The van der Waals surface area contributed by atoms with Crippen LogP contribution < -0.4 is 0 Å². The molecule has 1 unspecified atom stereocenters. The number of carbonyl (C=O) groups is 1. The molecule has 0 spiro atoms. The highest BCUT2D eigenvalue weighted by atomic mass is 16.4. The number of aryl methyl sites for hydroxylation is 1. The van der Waals surface area contributed by atoms with Crippen LogP contribution in [-0.2, 0) is 4.79 Å². The molecule has 18 heavy (non-hydrogen) atoms. The Morgan fingerprint density at radius 2 is 1.83 bits per heavy atom. The minimum atomic E-state index is -0.641. The molecule has 3 heteroatoms. The summed E-state index contributed by atoms with van der Waals surface area (Å²) in [6.07, 6.45) is 1.54. The highest BCUT2D eigenvalue weighted by Crippen LogP contribution is 2.26. The molecule has 0 aliphatic carbocycles. The van der Waals surface area contributed by atoms with Gasteiger partial charge in [-0.15, -0.1) is 0 Å². The first-order valence-electron chi connectivity index (χ1n) is 6.61. The smallest absolute Gasteiger partial charge is 0.306 e. The van der Waals surface area contributed by atoms with Gasteiger partial charge in [0.1, 0.15) is 0 Å². The molecule has 1 N–H and O–H groups in total. The summed E-state index contributed by atoms with van der Waals surface area (Å²) in [7, 11) is 0. The molecule has 0 bridgehead atoms. The molecule has 1 fully saturated rings. The van der Waals surface area contributed by atoms with Crippen molar-refractivity contribution in [2.75, 3.05) is 13.1 Å². The Balaban J connectivity index is 1.97. The van der Waals surface area contributed by atoms with Gasteiger partial charge in [0.05, 0.1) is 5.92 Å². The summed E-state index contributed by atoms with van der Waals surface area (Å²) in [5, 5.41) is 8.99. The molecule has 1 atom stereocenters. The predicted octanol–water partition coefficient (Wildman–Crippen LogP) is 2.85. The summed E-state index contributed by atoms with van der Waals surface area (Å²) in [5.74, 6) is -0.788. The monoisotopic (exact) mass is 247 g/mol. The molecule has 1 saturated heterocycles. The minimum absolute atomic E-state index is 0.147. The summed E-state index contributed by atoms with van der Waals surface area (Å²) < 4.78 is 0. The largest absolute Gasteiger partial charge is 0.481 e. The Morgan fingerprint density at radius 1 is 1.28 bits per heavy atom. The maximum absolute atomic E-state index is 10.9. The third kappa shape index (κ3) is 2.91. The molecule has 98 valence electrons. The molecule has 1 aliphatic heterocycles. The molecular weight excluding hydrogens is 226 g/mol. The molecule has 0 radical (unpaired) electrons. The highest BCUT2D eigenvalue weighted by molar-refractivity contribution is 5.70. The molecular formula is C15H21NO2. The summed E-state index contributed by atoms with van der Waals surface area (Å²) >= 11 is 0. The zero-order valence-corrected chi connectivity index (χ0v) is 11.1. The first-order chi connectivity index (χ1) is 8.58. The number of hydrogen-bond acceptors (Lipinski definition) is 2. The maximum atomic E-state index is 10.9. The van der Waals surface area contributed by atoms with E-state index in [0.717, 1.165) is 25.9 Å². The van der Waals surface area contributed by atoms with E-state index in [-0.39, 0.29) is 5.92 Å². The standard InChI is InChI=1S/C15H21NO2/c1-11-3-5-13(6-4-11)12(2)16-9-7-14(8-10-16)15(17)18/h3-6,12,14H,7-10H2,1-2H3,(H,17,18). The Hall–Kier alpha value is -1.35. The fraction of sp³-hybridized carbons (Fsp3) is 0.533. The van der Waals surface area contributed by atoms with E-state index in [1.165, 1.54) is 11.1 Å². The van der Waals surface area contributed by atoms with E-state index in [9.17, 15) is 4.79 Å². The molecule has 1 aromatic rings. The number of nitrogens with zero attached hydrogens (tertiary/aromatic N) is 1. The second kappa shape index (κ2) is 5.53. The normalized spacial score (nSPS) is 19.7. The van der Waals surface area contributed by atoms with Crippen molar-refractivity contribution >= 4 is 5.97 Å². The van der Waals surface area contributed by atoms with Crippen molar-refractivity contribution < 1.29 is 9.90 Å². The molecule has 0 aromatic heterocycles. The Labute approximate surface area is 108 Å². The van der Waals surface area contributed by atoms with Crippen molar-refractivity contribution in [1.29, 1.82) is 0 Å². The van der Waals surface area contributed by atoms with Gasteiger partial charge in [-0.05, 0) is 45.3 Å². The second-order valence-corrected chi connectivity index (χ2v) is 5.24. The van der Waals surface area contributed by atoms with Gasteiger partial charge >= 0.3 is 5.97 Å². The van der Waals surface area contributed by atoms with E-state index in [0.29, 0.717) is 6.04 Å². The molecule has 0 amide bonds. The Bertz CT molecular complexity index is 405. The third-order valence-corrected chi connectivity index (χ3v) is 3.99. The Kier molecular flexibility index (Phi) is 4.02. The maximum Gasteiger partial charge on any atom is 0.306 e. The average molecular weight is 247 g/mol. The lowest BCUT2D eigenvalue weighted by Gasteiger charge is -2.35. The van der Waals surface area contributed by atoms with Crippen molar-refractivity contribution in [2.24, 2.45) is 5.92 Å². The number of aliphatic carboxylic acids is 1. The number of piperidine rings is 1. The van der Waals surface area contributed by atoms with E-state index >= 15 is 0 Å². The van der Waals surface area contributed by atoms with E-state index in [4.69, 9.17) is 5.11 Å². The van der Waals surface area contributed by atoms with Gasteiger partial charge in [-0.2, -0.15) is 0 Å². The summed E-state index contributed by atoms with van der Waals surface area (Å²) in [5.41, 5.74) is 2.59. The predicted molar refractivity (Wildman–Crippen MR) is 71.5 cm³/mol. The van der Waals surface area contributed by atoms with E-state index in [1.54, 1.807) is 0 Å². The SMILES string of the molecule is Cc1ccc(C(C)N2CCC(C(=O)O)CC2)cc1. The van der Waals surface area contributed by atoms with Crippen LogP contribution in [0.2, 0.25) is 0 Å². The van der Waals surface area contributed by atoms with Crippen LogP contribution in [0.1, 0.15) is 36.9 Å². The van der Waals surface area contributed by atoms with Gasteiger partial charge in [0.2, 0.25) is 0 Å². The van der Waals surface area contributed by atoms with Crippen LogP contribution in [0.25, 0.3) is 0 Å². The molecule has 1 aromatic carbocycles. The molecule has 3 nitrogen and oxygen atoms in total. The quantitative estimate of drug-likeness (QED) is 0.893. The topological polar surface area (TPSA) is 40.5 Å². The number of rotatable bonds is 3. The first kappa shape index (κ1) is 13.1. The lowest BCUT2D eigenvalue weighted by molar-refractivity contribution is -0.143. The first-order valence-corrected chi connectivity index (χ1v) is 6.61. The van der Waals surface area contributed by atoms with Gasteiger partial charge in [0.25, 0.3) is 0 Å². The van der Waals surface area contributed by atoms with Crippen LogP contribution in [0.4, 0.5) is 0 Å². The van der Waals surface area contributed by atoms with Crippen LogP contribution in [-0.4, -0.2) is 29.1 Å². The van der Waals surface area contributed by atoms with Crippen LogP contribution in [0.3, 0.4) is 0 Å². The van der Waals surface area contributed by atoms with E-state index < -0.39 is 5.97 Å². The molecule has 2 rings (SSSR count). The van der Waals surface area contributed by atoms with Crippen LogP contribution >= 0.6 is 0 Å². The van der Waals surface area contributed by atoms with Crippen LogP contribution in [0, 0.1) is 12.8 Å². The molecule has 1 heterocycles. The van der Waals surface area contributed by atoms with E-state index in [2.05, 4.69) is 43.0 Å².